The molecule has 21 heavy (non-hydrogen) atoms. The van der Waals surface area contributed by atoms with Crippen LogP contribution in [-0.4, -0.2) is 16.0 Å². The van der Waals surface area contributed by atoms with Crippen LogP contribution < -0.4 is 10.9 Å². The maximum Gasteiger partial charge on any atom is 0.251 e. The van der Waals surface area contributed by atoms with Gasteiger partial charge in [-0.2, -0.15) is 0 Å². The first-order chi connectivity index (χ1) is 10.2. The molecule has 1 fully saturated rings. The highest BCUT2D eigenvalue weighted by molar-refractivity contribution is 7.98. The highest BCUT2D eigenvalue weighted by atomic mass is 32.2. The molecule has 5 heteroatoms. The summed E-state index contributed by atoms with van der Waals surface area (Å²) < 4.78 is 0. The van der Waals surface area contributed by atoms with Gasteiger partial charge in [-0.05, 0) is 31.9 Å². The zero-order valence-corrected chi connectivity index (χ0v) is 12.9. The molecular weight excluding hydrogens is 282 g/mol. The summed E-state index contributed by atoms with van der Waals surface area (Å²) in [5, 5.41) is 3.39. The third-order valence-corrected chi connectivity index (χ3v) is 4.36. The molecule has 3 rings (SSSR count). The molecule has 1 aromatic heterocycles. The molecule has 1 aromatic carbocycles. The van der Waals surface area contributed by atoms with Gasteiger partial charge in [-0.25, -0.2) is 4.98 Å². The molecule has 0 spiro atoms. The van der Waals surface area contributed by atoms with Gasteiger partial charge < -0.3 is 10.3 Å². The van der Waals surface area contributed by atoms with Crippen LogP contribution in [0.3, 0.4) is 0 Å². The largest absolute Gasteiger partial charge is 0.310 e. The van der Waals surface area contributed by atoms with E-state index in [2.05, 4.69) is 40.4 Å². The van der Waals surface area contributed by atoms with E-state index in [-0.39, 0.29) is 5.56 Å². The van der Waals surface area contributed by atoms with Gasteiger partial charge in [0.05, 0.1) is 11.4 Å². The second kappa shape index (κ2) is 6.45. The second-order valence-corrected chi connectivity index (χ2v) is 6.49. The molecule has 4 nitrogen and oxygen atoms in total. The number of hydrogen-bond acceptors (Lipinski definition) is 4. The standard InChI is InChI=1S/C16H19N3OS/c1-11-3-2-4-14(7-11)21-10-15-18-13(8-16(20)19-15)9-17-12-5-6-12/h2-4,7-8,12,17H,5-6,9-10H2,1H3,(H,18,19,20). The predicted octanol–water partition coefficient (Wildman–Crippen LogP) is 2.62. The van der Waals surface area contributed by atoms with Crippen LogP contribution in [0.15, 0.2) is 40.0 Å². The first-order valence-corrected chi connectivity index (χ1v) is 8.19. The van der Waals surface area contributed by atoms with E-state index in [1.807, 2.05) is 6.07 Å². The van der Waals surface area contributed by atoms with Gasteiger partial charge in [-0.3, -0.25) is 4.79 Å². The van der Waals surface area contributed by atoms with Gasteiger partial charge in [0.15, 0.2) is 0 Å². The lowest BCUT2D eigenvalue weighted by Gasteiger charge is -2.06. The zero-order chi connectivity index (χ0) is 14.7. The molecule has 110 valence electrons. The maximum absolute atomic E-state index is 11.7. The molecule has 0 aliphatic heterocycles. The smallest absolute Gasteiger partial charge is 0.251 e. The van der Waals surface area contributed by atoms with Gasteiger partial charge in [-0.15, -0.1) is 11.8 Å². The van der Waals surface area contributed by atoms with Crippen LogP contribution in [-0.2, 0) is 12.3 Å². The number of H-pyrrole nitrogens is 1. The van der Waals surface area contributed by atoms with E-state index in [4.69, 9.17) is 0 Å². The summed E-state index contributed by atoms with van der Waals surface area (Å²) in [6.45, 7) is 2.76. The van der Waals surface area contributed by atoms with Gasteiger partial charge >= 0.3 is 0 Å². The van der Waals surface area contributed by atoms with Crippen LogP contribution in [0.4, 0.5) is 0 Å². The fourth-order valence-corrected chi connectivity index (χ4v) is 3.00. The number of nitrogens with zero attached hydrogens (tertiary/aromatic N) is 1. The van der Waals surface area contributed by atoms with Crippen molar-refractivity contribution >= 4 is 11.8 Å². The first kappa shape index (κ1) is 14.4. The Morgan fingerprint density at radius 1 is 1.38 bits per heavy atom. The number of aromatic amines is 1. The highest BCUT2D eigenvalue weighted by Gasteiger charge is 2.20. The summed E-state index contributed by atoms with van der Waals surface area (Å²) in [5.41, 5.74) is 1.99. The molecule has 0 atom stereocenters. The van der Waals surface area contributed by atoms with Gasteiger partial charge in [0, 0.05) is 23.5 Å². The lowest BCUT2D eigenvalue weighted by atomic mass is 10.2. The van der Waals surface area contributed by atoms with Crippen LogP contribution in [0, 0.1) is 6.92 Å². The van der Waals surface area contributed by atoms with E-state index in [1.54, 1.807) is 17.8 Å². The average molecular weight is 301 g/mol. The van der Waals surface area contributed by atoms with Crippen LogP contribution in [0.5, 0.6) is 0 Å². The van der Waals surface area contributed by atoms with E-state index in [9.17, 15) is 4.79 Å². The lowest BCUT2D eigenvalue weighted by Crippen LogP contribution is -2.20. The minimum absolute atomic E-state index is 0.0718. The summed E-state index contributed by atoms with van der Waals surface area (Å²) >= 11 is 1.69. The van der Waals surface area contributed by atoms with Crippen molar-refractivity contribution in [1.82, 2.24) is 15.3 Å². The van der Waals surface area contributed by atoms with E-state index < -0.39 is 0 Å². The predicted molar refractivity (Wildman–Crippen MR) is 85.5 cm³/mol. The fraction of sp³-hybridized carbons (Fsp3) is 0.375. The molecule has 0 radical (unpaired) electrons. The van der Waals surface area contributed by atoms with Gasteiger partial charge in [0.2, 0.25) is 0 Å². The molecular formula is C16H19N3OS. The Kier molecular flexibility index (Phi) is 4.41. The van der Waals surface area contributed by atoms with Gasteiger partial charge in [0.1, 0.15) is 5.82 Å². The number of thioether (sulfide) groups is 1. The summed E-state index contributed by atoms with van der Waals surface area (Å²) in [7, 11) is 0. The van der Waals surface area contributed by atoms with Crippen LogP contribution >= 0.6 is 11.8 Å². The van der Waals surface area contributed by atoms with Crippen molar-refractivity contribution in [2.24, 2.45) is 0 Å². The second-order valence-electron chi connectivity index (χ2n) is 5.44. The summed E-state index contributed by atoms with van der Waals surface area (Å²) in [6, 6.07) is 10.5. The molecule has 1 heterocycles. The summed E-state index contributed by atoms with van der Waals surface area (Å²) in [6.07, 6.45) is 2.47. The Bertz CT molecular complexity index is 679. The van der Waals surface area contributed by atoms with Crippen molar-refractivity contribution in [3.8, 4) is 0 Å². The van der Waals surface area contributed by atoms with Crippen LogP contribution in [0.25, 0.3) is 0 Å². The third kappa shape index (κ3) is 4.44. The van der Waals surface area contributed by atoms with Crippen molar-refractivity contribution in [3.05, 3.63) is 57.8 Å². The monoisotopic (exact) mass is 301 g/mol. The quantitative estimate of drug-likeness (QED) is 0.805. The van der Waals surface area contributed by atoms with E-state index in [0.717, 1.165) is 11.5 Å². The Labute approximate surface area is 128 Å². The molecule has 2 N–H and O–H groups in total. The molecule has 1 aliphatic carbocycles. The number of hydrogen-bond donors (Lipinski definition) is 2. The zero-order valence-electron chi connectivity index (χ0n) is 12.1. The fourth-order valence-electron chi connectivity index (χ4n) is 2.12. The van der Waals surface area contributed by atoms with E-state index in [1.165, 1.54) is 23.3 Å². The minimum atomic E-state index is -0.0718. The molecule has 0 bridgehead atoms. The van der Waals surface area contributed by atoms with Crippen molar-refractivity contribution in [1.29, 1.82) is 0 Å². The minimum Gasteiger partial charge on any atom is -0.310 e. The number of nitrogens with one attached hydrogen (secondary N) is 2. The van der Waals surface area contributed by atoms with Crippen molar-refractivity contribution in [3.63, 3.8) is 0 Å². The maximum atomic E-state index is 11.7. The Morgan fingerprint density at radius 2 is 2.24 bits per heavy atom. The SMILES string of the molecule is Cc1cccc(SCc2nc(CNC3CC3)cc(=O)[nH]2)c1. The number of aromatic nitrogens is 2. The normalized spacial score (nSPS) is 14.3. The Balaban J connectivity index is 1.65. The molecule has 0 amide bonds. The topological polar surface area (TPSA) is 57.8 Å². The Morgan fingerprint density at radius 3 is 3.00 bits per heavy atom. The summed E-state index contributed by atoms with van der Waals surface area (Å²) in [5.74, 6) is 1.41. The average Bonchev–Trinajstić information content (AvgIpc) is 3.27. The molecule has 2 aromatic rings. The van der Waals surface area contributed by atoms with Crippen molar-refractivity contribution in [2.75, 3.05) is 0 Å². The Hall–Kier alpha value is -1.59. The van der Waals surface area contributed by atoms with Gasteiger partial charge in [0.25, 0.3) is 5.56 Å². The number of aryl methyl sites for hydroxylation is 1. The first-order valence-electron chi connectivity index (χ1n) is 7.21. The number of rotatable bonds is 6. The highest BCUT2D eigenvalue weighted by Crippen LogP contribution is 2.22. The molecule has 0 unspecified atom stereocenters. The summed E-state index contributed by atoms with van der Waals surface area (Å²) in [4.78, 5) is 20.3. The molecule has 1 saturated carbocycles. The van der Waals surface area contributed by atoms with Crippen LogP contribution in [0.1, 0.15) is 29.9 Å². The van der Waals surface area contributed by atoms with E-state index in [0.29, 0.717) is 18.3 Å². The van der Waals surface area contributed by atoms with Gasteiger partial charge in [-0.1, -0.05) is 17.7 Å². The molecule has 0 saturated heterocycles. The van der Waals surface area contributed by atoms with Crippen molar-refractivity contribution in [2.45, 2.75) is 43.0 Å². The number of benzene rings is 1. The third-order valence-electron chi connectivity index (χ3n) is 3.36. The van der Waals surface area contributed by atoms with Crippen molar-refractivity contribution < 1.29 is 0 Å². The lowest BCUT2D eigenvalue weighted by molar-refractivity contribution is 0.668. The van der Waals surface area contributed by atoms with E-state index >= 15 is 0 Å². The molecule has 1 aliphatic rings. The van der Waals surface area contributed by atoms with Crippen LogP contribution in [0.2, 0.25) is 0 Å².